The molecule has 1 atom stereocenters. The van der Waals surface area contributed by atoms with Crippen molar-refractivity contribution in [1.82, 2.24) is 4.90 Å². The highest BCUT2D eigenvalue weighted by molar-refractivity contribution is 4.69. The Labute approximate surface area is 85.8 Å². The zero-order chi connectivity index (χ0) is 10.2. The van der Waals surface area contributed by atoms with E-state index in [0.717, 1.165) is 32.7 Å². The van der Waals surface area contributed by atoms with Crippen LogP contribution in [0.1, 0.15) is 13.3 Å². The summed E-state index contributed by atoms with van der Waals surface area (Å²) < 4.78 is 10.8. The highest BCUT2D eigenvalue weighted by atomic mass is 16.5. The average Bonchev–Trinajstić information content (AvgIpc) is 2.25. The zero-order valence-electron chi connectivity index (χ0n) is 8.95. The molecule has 0 aromatic carbocycles. The first-order valence-corrected chi connectivity index (χ1v) is 5.39. The molecule has 1 rings (SSSR count). The van der Waals surface area contributed by atoms with E-state index in [4.69, 9.17) is 14.6 Å². The minimum Gasteiger partial charge on any atom is -0.394 e. The lowest BCUT2D eigenvalue weighted by Gasteiger charge is -2.32. The maximum atomic E-state index is 8.52. The Kier molecular flexibility index (Phi) is 6.10. The highest BCUT2D eigenvalue weighted by Gasteiger charge is 2.17. The van der Waals surface area contributed by atoms with Crippen LogP contribution in [0.15, 0.2) is 0 Å². The monoisotopic (exact) mass is 203 g/mol. The maximum Gasteiger partial charge on any atom is 0.0700 e. The maximum absolute atomic E-state index is 8.52. The summed E-state index contributed by atoms with van der Waals surface area (Å²) in [5, 5.41) is 8.52. The largest absolute Gasteiger partial charge is 0.394 e. The minimum atomic E-state index is 0.112. The number of hydrogen-bond donors (Lipinski definition) is 1. The van der Waals surface area contributed by atoms with E-state index in [1.807, 2.05) is 0 Å². The van der Waals surface area contributed by atoms with Gasteiger partial charge in [0.15, 0.2) is 0 Å². The summed E-state index contributed by atoms with van der Waals surface area (Å²) in [5.74, 6) is 0. The number of hydrogen-bond acceptors (Lipinski definition) is 4. The van der Waals surface area contributed by atoms with Gasteiger partial charge >= 0.3 is 0 Å². The number of aliphatic hydroxyl groups excluding tert-OH is 1. The minimum absolute atomic E-state index is 0.112. The third-order valence-electron chi connectivity index (χ3n) is 2.47. The van der Waals surface area contributed by atoms with E-state index in [1.165, 1.54) is 0 Å². The number of rotatable bonds is 6. The molecule has 0 spiro atoms. The molecule has 1 saturated heterocycles. The van der Waals surface area contributed by atoms with Gasteiger partial charge in [0.2, 0.25) is 0 Å². The molecule has 0 aliphatic carbocycles. The van der Waals surface area contributed by atoms with Crippen LogP contribution < -0.4 is 0 Å². The van der Waals surface area contributed by atoms with Crippen LogP contribution in [0.2, 0.25) is 0 Å². The first-order valence-electron chi connectivity index (χ1n) is 5.39. The fourth-order valence-electron chi connectivity index (χ4n) is 1.59. The third kappa shape index (κ3) is 4.37. The van der Waals surface area contributed by atoms with Crippen LogP contribution in [-0.4, -0.2) is 62.2 Å². The van der Waals surface area contributed by atoms with Crippen LogP contribution in [-0.2, 0) is 9.47 Å². The second-order valence-electron chi connectivity index (χ2n) is 3.54. The van der Waals surface area contributed by atoms with Crippen LogP contribution in [0.4, 0.5) is 0 Å². The van der Waals surface area contributed by atoms with Crippen molar-refractivity contribution in [3.63, 3.8) is 0 Å². The standard InChI is InChI=1S/C10H21NO3/c1-2-10-9-11(4-7-14-10)3-6-13-8-5-12/h10,12H,2-9H2,1H3. The summed E-state index contributed by atoms with van der Waals surface area (Å²) >= 11 is 0. The first kappa shape index (κ1) is 11.9. The van der Waals surface area contributed by atoms with Gasteiger partial charge in [-0.1, -0.05) is 6.92 Å². The zero-order valence-corrected chi connectivity index (χ0v) is 8.95. The molecule has 0 radical (unpaired) electrons. The predicted octanol–water partition coefficient (Wildman–Crippen LogP) is 0.106. The molecule has 1 aliphatic rings. The van der Waals surface area contributed by atoms with Gasteiger partial charge in [0, 0.05) is 19.6 Å². The van der Waals surface area contributed by atoms with Crippen LogP contribution in [0.3, 0.4) is 0 Å². The molecule has 0 saturated carbocycles. The van der Waals surface area contributed by atoms with Crippen molar-refractivity contribution in [2.75, 3.05) is 46.1 Å². The van der Waals surface area contributed by atoms with Gasteiger partial charge in [-0.3, -0.25) is 4.90 Å². The molecule has 1 fully saturated rings. The first-order chi connectivity index (χ1) is 6.86. The Morgan fingerprint density at radius 3 is 3.07 bits per heavy atom. The van der Waals surface area contributed by atoms with Crippen molar-refractivity contribution >= 4 is 0 Å². The van der Waals surface area contributed by atoms with Crippen LogP contribution >= 0.6 is 0 Å². The topological polar surface area (TPSA) is 41.9 Å². The third-order valence-corrected chi connectivity index (χ3v) is 2.47. The van der Waals surface area contributed by atoms with Gasteiger partial charge in [0.1, 0.15) is 0 Å². The summed E-state index contributed by atoms with van der Waals surface area (Å²) in [6, 6.07) is 0. The molecular weight excluding hydrogens is 182 g/mol. The van der Waals surface area contributed by atoms with Gasteiger partial charge in [-0.05, 0) is 6.42 Å². The van der Waals surface area contributed by atoms with E-state index in [1.54, 1.807) is 0 Å². The molecule has 1 aliphatic heterocycles. The van der Waals surface area contributed by atoms with Gasteiger partial charge in [-0.2, -0.15) is 0 Å². The lowest BCUT2D eigenvalue weighted by molar-refractivity contribution is -0.0383. The summed E-state index contributed by atoms with van der Waals surface area (Å²) in [6.07, 6.45) is 1.47. The molecule has 0 bridgehead atoms. The van der Waals surface area contributed by atoms with Gasteiger partial charge in [-0.25, -0.2) is 0 Å². The summed E-state index contributed by atoms with van der Waals surface area (Å²) in [4.78, 5) is 2.36. The van der Waals surface area contributed by atoms with Gasteiger partial charge in [-0.15, -0.1) is 0 Å². The van der Waals surface area contributed by atoms with Crippen molar-refractivity contribution < 1.29 is 14.6 Å². The Morgan fingerprint density at radius 2 is 2.36 bits per heavy atom. The predicted molar refractivity (Wildman–Crippen MR) is 54.4 cm³/mol. The number of nitrogens with zero attached hydrogens (tertiary/aromatic N) is 1. The average molecular weight is 203 g/mol. The molecule has 0 aromatic rings. The van der Waals surface area contributed by atoms with E-state index in [-0.39, 0.29) is 6.61 Å². The fraction of sp³-hybridized carbons (Fsp3) is 1.00. The SMILES string of the molecule is CCC1CN(CCOCCO)CCO1. The lowest BCUT2D eigenvalue weighted by atomic mass is 10.2. The van der Waals surface area contributed by atoms with Crippen molar-refractivity contribution in [1.29, 1.82) is 0 Å². The molecule has 4 nitrogen and oxygen atoms in total. The van der Waals surface area contributed by atoms with E-state index in [0.29, 0.717) is 19.3 Å². The quantitative estimate of drug-likeness (QED) is 0.622. The summed E-state index contributed by atoms with van der Waals surface area (Å²) in [6.45, 7) is 7.20. The van der Waals surface area contributed by atoms with Crippen molar-refractivity contribution in [3.05, 3.63) is 0 Å². The Balaban J connectivity index is 2.05. The second-order valence-corrected chi connectivity index (χ2v) is 3.54. The van der Waals surface area contributed by atoms with Crippen LogP contribution in [0.5, 0.6) is 0 Å². The summed E-state index contributed by atoms with van der Waals surface area (Å²) in [5.41, 5.74) is 0. The molecule has 4 heteroatoms. The molecule has 84 valence electrons. The van der Waals surface area contributed by atoms with Gasteiger partial charge < -0.3 is 14.6 Å². The van der Waals surface area contributed by atoms with Gasteiger partial charge in [0.05, 0.1) is 32.5 Å². The van der Waals surface area contributed by atoms with E-state index >= 15 is 0 Å². The van der Waals surface area contributed by atoms with Crippen molar-refractivity contribution in [2.24, 2.45) is 0 Å². The molecule has 14 heavy (non-hydrogen) atoms. The summed E-state index contributed by atoms with van der Waals surface area (Å²) in [7, 11) is 0. The lowest BCUT2D eigenvalue weighted by Crippen LogP contribution is -2.43. The van der Waals surface area contributed by atoms with Crippen LogP contribution in [0.25, 0.3) is 0 Å². The number of ether oxygens (including phenoxy) is 2. The molecule has 1 heterocycles. The smallest absolute Gasteiger partial charge is 0.0700 e. The van der Waals surface area contributed by atoms with Gasteiger partial charge in [0.25, 0.3) is 0 Å². The molecular formula is C10H21NO3. The Bertz CT molecular complexity index is 143. The van der Waals surface area contributed by atoms with Crippen molar-refractivity contribution in [2.45, 2.75) is 19.4 Å². The molecule has 1 unspecified atom stereocenters. The normalized spacial score (nSPS) is 24.0. The van der Waals surface area contributed by atoms with Crippen molar-refractivity contribution in [3.8, 4) is 0 Å². The highest BCUT2D eigenvalue weighted by Crippen LogP contribution is 2.07. The second kappa shape index (κ2) is 7.17. The van der Waals surface area contributed by atoms with Crippen LogP contribution in [0, 0.1) is 0 Å². The molecule has 0 aromatic heterocycles. The molecule has 1 N–H and O–H groups in total. The van der Waals surface area contributed by atoms with E-state index < -0.39 is 0 Å². The van der Waals surface area contributed by atoms with E-state index in [2.05, 4.69) is 11.8 Å². The molecule has 0 amide bonds. The fourth-order valence-corrected chi connectivity index (χ4v) is 1.59. The number of aliphatic hydroxyl groups is 1. The Morgan fingerprint density at radius 1 is 1.50 bits per heavy atom. The van der Waals surface area contributed by atoms with E-state index in [9.17, 15) is 0 Å². The Hall–Kier alpha value is -0.160. The number of morpholine rings is 1.